The molecule has 3 heterocycles. The minimum absolute atomic E-state index is 0.0256. The summed E-state index contributed by atoms with van der Waals surface area (Å²) in [7, 11) is 0. The SMILES string of the molecule is C[C@@H](N)CCc1cc(Cl)c(F)c(-c2cc3cn(-c4ccc([C@@H]5CCCC[C@@H](CCSC(=N)N)N5)cc4)c(=O)nc3[nH]2)c1. The second-order valence-electron chi connectivity index (χ2n) is 11.1. The summed E-state index contributed by atoms with van der Waals surface area (Å²) >= 11 is 7.61. The van der Waals surface area contributed by atoms with Crippen LogP contribution < -0.4 is 22.5 Å². The zero-order valence-electron chi connectivity index (χ0n) is 23.6. The van der Waals surface area contributed by atoms with Crippen molar-refractivity contribution < 1.29 is 4.39 Å². The Bertz CT molecular complexity index is 1620. The zero-order chi connectivity index (χ0) is 29.8. The molecule has 0 bridgehead atoms. The van der Waals surface area contributed by atoms with Gasteiger partial charge in [-0.2, -0.15) is 4.98 Å². The first-order chi connectivity index (χ1) is 20.2. The highest BCUT2D eigenvalue weighted by Gasteiger charge is 2.21. The third-order valence-electron chi connectivity index (χ3n) is 7.80. The molecule has 7 N–H and O–H groups in total. The van der Waals surface area contributed by atoms with Crippen LogP contribution in [0.3, 0.4) is 0 Å². The Morgan fingerprint density at radius 2 is 2.00 bits per heavy atom. The smallest absolute Gasteiger partial charge is 0.354 e. The zero-order valence-corrected chi connectivity index (χ0v) is 25.2. The second-order valence-corrected chi connectivity index (χ2v) is 12.7. The largest absolute Gasteiger partial charge is 0.379 e. The molecule has 0 radical (unpaired) electrons. The number of thioether (sulfide) groups is 1. The van der Waals surface area contributed by atoms with Gasteiger partial charge >= 0.3 is 5.69 Å². The van der Waals surface area contributed by atoms with E-state index >= 15 is 4.39 Å². The van der Waals surface area contributed by atoms with Gasteiger partial charge in [0.05, 0.1) is 16.4 Å². The van der Waals surface area contributed by atoms with Crippen molar-refractivity contribution in [1.29, 1.82) is 5.41 Å². The predicted octanol–water partition coefficient (Wildman–Crippen LogP) is 6.04. The number of nitrogens with zero attached hydrogens (tertiary/aromatic N) is 2. The lowest BCUT2D eigenvalue weighted by Crippen LogP contribution is -2.32. The molecule has 3 atom stereocenters. The topological polar surface area (TPSA) is 139 Å². The molecule has 0 amide bonds. The van der Waals surface area contributed by atoms with E-state index in [4.69, 9.17) is 28.5 Å². The molecule has 5 rings (SSSR count). The van der Waals surface area contributed by atoms with E-state index in [0.717, 1.165) is 43.4 Å². The van der Waals surface area contributed by atoms with Gasteiger partial charge in [0.15, 0.2) is 11.0 Å². The molecule has 1 fully saturated rings. The maximum Gasteiger partial charge on any atom is 0.354 e. The van der Waals surface area contributed by atoms with Crippen LogP contribution in [0.15, 0.2) is 53.5 Å². The summed E-state index contributed by atoms with van der Waals surface area (Å²) in [6.07, 6.45) is 8.60. The molecular formula is C31H37ClFN7OS. The number of hydrogen-bond donors (Lipinski definition) is 5. The lowest BCUT2D eigenvalue weighted by Gasteiger charge is -2.23. The minimum atomic E-state index is -0.523. The van der Waals surface area contributed by atoms with Gasteiger partial charge in [0.1, 0.15) is 5.65 Å². The molecule has 2 aromatic heterocycles. The summed E-state index contributed by atoms with van der Waals surface area (Å²) in [4.78, 5) is 20.4. The lowest BCUT2D eigenvalue weighted by molar-refractivity contribution is 0.431. The summed E-state index contributed by atoms with van der Waals surface area (Å²) in [5.41, 5.74) is 15.0. The van der Waals surface area contributed by atoms with E-state index in [1.54, 1.807) is 24.4 Å². The number of benzene rings is 2. The fourth-order valence-corrected chi connectivity index (χ4v) is 6.43. The molecule has 4 aromatic rings. The monoisotopic (exact) mass is 609 g/mol. The maximum atomic E-state index is 15.1. The number of fused-ring (bicyclic) bond motifs is 1. The Morgan fingerprint density at radius 3 is 2.74 bits per heavy atom. The van der Waals surface area contributed by atoms with Crippen molar-refractivity contribution in [2.75, 3.05) is 5.75 Å². The van der Waals surface area contributed by atoms with Crippen LogP contribution in [-0.4, -0.2) is 37.5 Å². The van der Waals surface area contributed by atoms with Gasteiger partial charge in [0.2, 0.25) is 0 Å². The highest BCUT2D eigenvalue weighted by Crippen LogP contribution is 2.32. The summed E-state index contributed by atoms with van der Waals surface area (Å²) in [6, 6.07) is 13.8. The summed E-state index contributed by atoms with van der Waals surface area (Å²) < 4.78 is 16.6. The predicted molar refractivity (Wildman–Crippen MR) is 171 cm³/mol. The van der Waals surface area contributed by atoms with Crippen LogP contribution in [0.4, 0.5) is 4.39 Å². The van der Waals surface area contributed by atoms with Gasteiger partial charge in [-0.05, 0) is 80.5 Å². The van der Waals surface area contributed by atoms with Gasteiger partial charge < -0.3 is 21.8 Å². The fourth-order valence-electron chi connectivity index (χ4n) is 5.56. The van der Waals surface area contributed by atoms with E-state index in [1.807, 2.05) is 19.1 Å². The molecule has 0 aliphatic carbocycles. The normalized spacial score (nSPS) is 18.2. The van der Waals surface area contributed by atoms with Gasteiger partial charge in [0, 0.05) is 41.0 Å². The van der Waals surface area contributed by atoms with Crippen LogP contribution in [0.25, 0.3) is 28.0 Å². The number of H-pyrrole nitrogens is 1. The molecule has 1 aliphatic heterocycles. The number of hydrogen-bond acceptors (Lipinski definition) is 6. The van der Waals surface area contributed by atoms with E-state index < -0.39 is 11.5 Å². The number of amidine groups is 1. The van der Waals surface area contributed by atoms with Crippen LogP contribution in [0, 0.1) is 11.2 Å². The van der Waals surface area contributed by atoms with E-state index in [1.165, 1.54) is 28.3 Å². The maximum absolute atomic E-state index is 15.1. The van der Waals surface area contributed by atoms with E-state index in [0.29, 0.717) is 40.4 Å². The van der Waals surface area contributed by atoms with E-state index in [2.05, 4.69) is 27.4 Å². The number of aromatic amines is 1. The van der Waals surface area contributed by atoms with Crippen molar-refractivity contribution in [2.24, 2.45) is 11.5 Å². The van der Waals surface area contributed by atoms with E-state index in [9.17, 15) is 4.79 Å². The van der Waals surface area contributed by atoms with Gasteiger partial charge in [-0.25, -0.2) is 9.18 Å². The first-order valence-corrected chi connectivity index (χ1v) is 15.7. The first-order valence-electron chi connectivity index (χ1n) is 14.4. The molecule has 8 nitrogen and oxygen atoms in total. The van der Waals surface area contributed by atoms with E-state index in [-0.39, 0.29) is 22.3 Å². The van der Waals surface area contributed by atoms with Gasteiger partial charge in [0.25, 0.3) is 0 Å². The van der Waals surface area contributed by atoms with Crippen LogP contribution in [0.2, 0.25) is 5.02 Å². The van der Waals surface area contributed by atoms with Crippen molar-refractivity contribution in [3.05, 3.63) is 81.1 Å². The van der Waals surface area contributed by atoms with Gasteiger partial charge in [-0.1, -0.05) is 48.3 Å². The molecule has 0 unspecified atom stereocenters. The van der Waals surface area contributed by atoms with Crippen molar-refractivity contribution in [1.82, 2.24) is 19.9 Å². The summed E-state index contributed by atoms with van der Waals surface area (Å²) in [6.45, 7) is 1.93. The van der Waals surface area contributed by atoms with Crippen LogP contribution >= 0.6 is 23.4 Å². The number of halogens is 2. The Labute approximate surface area is 253 Å². The minimum Gasteiger partial charge on any atom is -0.379 e. The number of rotatable bonds is 9. The Kier molecular flexibility index (Phi) is 9.67. The van der Waals surface area contributed by atoms with Gasteiger partial charge in [-0.3, -0.25) is 9.98 Å². The standard InChI is InChI=1S/C31H37ClFN7OS/c1-18(34)6-7-19-14-24(28(33)25(32)15-19)27-16-21-17-40(31(41)39-29(21)38-27)23-10-8-20(9-11-23)26-5-3-2-4-22(37-26)12-13-42-30(35)36/h8-11,14-18,22,26,37H,2-7,12-13,34H2,1H3,(H3,35,36)(H,38,39,41)/t18-,22+,26+/m1/s1. The molecule has 2 aromatic carbocycles. The highest BCUT2D eigenvalue weighted by molar-refractivity contribution is 8.13. The number of aromatic nitrogens is 3. The van der Waals surface area contributed by atoms with Crippen molar-refractivity contribution in [2.45, 2.75) is 70.0 Å². The molecule has 222 valence electrons. The number of aryl methyl sites for hydroxylation is 1. The highest BCUT2D eigenvalue weighted by atomic mass is 35.5. The summed E-state index contributed by atoms with van der Waals surface area (Å²) in [5, 5.41) is 12.1. The average molecular weight is 610 g/mol. The van der Waals surface area contributed by atoms with Gasteiger partial charge in [-0.15, -0.1) is 0 Å². The number of nitrogens with two attached hydrogens (primary N) is 2. The average Bonchev–Trinajstić information content (AvgIpc) is 3.21. The van der Waals surface area contributed by atoms with Crippen LogP contribution in [0.1, 0.15) is 62.6 Å². The molecule has 1 aliphatic rings. The molecule has 0 saturated carbocycles. The summed E-state index contributed by atoms with van der Waals surface area (Å²) in [5.74, 6) is 0.307. The molecule has 42 heavy (non-hydrogen) atoms. The van der Waals surface area contributed by atoms with Crippen LogP contribution in [0.5, 0.6) is 0 Å². The lowest BCUT2D eigenvalue weighted by atomic mass is 10.0. The number of nitrogens with one attached hydrogen (secondary N) is 3. The fraction of sp³-hybridized carbons (Fsp3) is 0.387. The third-order valence-corrected chi connectivity index (χ3v) is 8.83. The molecule has 0 spiro atoms. The molecule has 11 heteroatoms. The third kappa shape index (κ3) is 7.23. The second kappa shape index (κ2) is 13.4. The Balaban J connectivity index is 1.37. The van der Waals surface area contributed by atoms with Crippen molar-refractivity contribution in [3.8, 4) is 16.9 Å². The quantitative estimate of drug-likeness (QED) is 0.116. The Hall–Kier alpha value is -3.18. The first kappa shape index (κ1) is 30.3. The molecular weight excluding hydrogens is 573 g/mol. The Morgan fingerprint density at radius 1 is 1.24 bits per heavy atom. The van der Waals surface area contributed by atoms with Crippen molar-refractivity contribution in [3.63, 3.8) is 0 Å². The molecule has 1 saturated heterocycles. The van der Waals surface area contributed by atoms with Crippen molar-refractivity contribution >= 4 is 39.6 Å². The van der Waals surface area contributed by atoms with Crippen LogP contribution in [-0.2, 0) is 6.42 Å².